The maximum absolute atomic E-state index is 11.9. The second-order valence-corrected chi connectivity index (χ2v) is 7.47. The Kier molecular flexibility index (Phi) is 4.34. The summed E-state index contributed by atoms with van der Waals surface area (Å²) >= 11 is 0. The normalized spacial score (nSPS) is 13.5. The van der Waals surface area contributed by atoms with E-state index < -0.39 is 27.2 Å². The maximum atomic E-state index is 11.9. The molecular formula is C14H19N3O3S. The van der Waals surface area contributed by atoms with E-state index >= 15 is 0 Å². The van der Waals surface area contributed by atoms with Gasteiger partial charge in [-0.15, -0.1) is 0 Å². The van der Waals surface area contributed by atoms with Crippen molar-refractivity contribution >= 4 is 26.8 Å². The Morgan fingerprint density at radius 3 is 2.67 bits per heavy atom. The van der Waals surface area contributed by atoms with Crippen molar-refractivity contribution in [3.8, 4) is 0 Å². The van der Waals surface area contributed by atoms with Crippen LogP contribution < -0.4 is 10.5 Å². The second-order valence-electron chi connectivity index (χ2n) is 5.23. The van der Waals surface area contributed by atoms with Gasteiger partial charge in [-0.1, -0.05) is 18.2 Å². The van der Waals surface area contributed by atoms with Crippen LogP contribution in [0.15, 0.2) is 30.5 Å². The van der Waals surface area contributed by atoms with Gasteiger partial charge in [0.2, 0.25) is 10.0 Å². The van der Waals surface area contributed by atoms with Crippen LogP contribution in [0.4, 0.5) is 0 Å². The number of nitrogens with one attached hydrogen (secondary N) is 2. The summed E-state index contributed by atoms with van der Waals surface area (Å²) < 4.78 is 25.3. The zero-order valence-corrected chi connectivity index (χ0v) is 12.8. The zero-order valence-electron chi connectivity index (χ0n) is 12.0. The number of nitrogens with two attached hydrogens (primary N) is 1. The predicted molar refractivity (Wildman–Crippen MR) is 82.2 cm³/mol. The molecule has 0 aliphatic carbocycles. The fourth-order valence-corrected chi connectivity index (χ4v) is 2.63. The molecule has 2 rings (SSSR count). The molecule has 0 aliphatic heterocycles. The van der Waals surface area contributed by atoms with E-state index in [1.807, 2.05) is 29.0 Å². The van der Waals surface area contributed by atoms with Gasteiger partial charge in [0.05, 0.1) is 11.3 Å². The highest BCUT2D eigenvalue weighted by atomic mass is 32.2. The van der Waals surface area contributed by atoms with Gasteiger partial charge in [-0.3, -0.25) is 9.52 Å². The van der Waals surface area contributed by atoms with Crippen molar-refractivity contribution in [1.29, 1.82) is 0 Å². The highest BCUT2D eigenvalue weighted by molar-refractivity contribution is 7.90. The third-order valence-electron chi connectivity index (χ3n) is 3.31. The molecule has 0 unspecified atom stereocenters. The third-order valence-corrected chi connectivity index (χ3v) is 5.04. The smallest absolute Gasteiger partial charge is 0.250 e. The average molecular weight is 309 g/mol. The molecule has 21 heavy (non-hydrogen) atoms. The summed E-state index contributed by atoms with van der Waals surface area (Å²) in [5.74, 6) is -0.686. The highest BCUT2D eigenvalue weighted by Gasteiger charge is 2.23. The van der Waals surface area contributed by atoms with E-state index in [9.17, 15) is 13.2 Å². The third kappa shape index (κ3) is 3.43. The van der Waals surface area contributed by atoms with Crippen molar-refractivity contribution in [3.05, 3.63) is 36.0 Å². The summed E-state index contributed by atoms with van der Waals surface area (Å²) in [4.78, 5) is 15.0. The van der Waals surface area contributed by atoms with E-state index in [1.165, 1.54) is 13.8 Å². The lowest BCUT2D eigenvalue weighted by atomic mass is 10.1. The quantitative estimate of drug-likeness (QED) is 0.763. The molecule has 0 aliphatic rings. The number of carbonyl (C=O) groups is 1. The number of hydrogen-bond acceptors (Lipinski definition) is 4. The van der Waals surface area contributed by atoms with E-state index in [1.54, 1.807) is 6.20 Å². The molecule has 0 spiro atoms. The number of carbonyl (C=O) groups excluding carboxylic acids is 1. The molecular weight excluding hydrogens is 290 g/mol. The van der Waals surface area contributed by atoms with E-state index in [2.05, 4.69) is 4.98 Å². The molecule has 0 radical (unpaired) electrons. The van der Waals surface area contributed by atoms with Crippen LogP contribution in [0, 0.1) is 0 Å². The molecule has 1 atom stereocenters. The van der Waals surface area contributed by atoms with Gasteiger partial charge in [-0.05, 0) is 31.9 Å². The molecule has 0 bridgehead atoms. The summed E-state index contributed by atoms with van der Waals surface area (Å²) in [6, 6.07) is 6.74. The number of para-hydroxylation sites is 1. The van der Waals surface area contributed by atoms with Crippen molar-refractivity contribution in [2.45, 2.75) is 31.6 Å². The van der Waals surface area contributed by atoms with Gasteiger partial charge in [0.25, 0.3) is 5.91 Å². The maximum Gasteiger partial charge on any atom is 0.250 e. The van der Waals surface area contributed by atoms with Gasteiger partial charge < -0.3 is 10.7 Å². The van der Waals surface area contributed by atoms with Crippen LogP contribution in [-0.4, -0.2) is 30.6 Å². The standard InChI is InChI=1S/C14H19N3O3S/c1-9(2)21(19,20)17-14(18)12(15)7-10-8-16-13-6-4-3-5-11(10)13/h3-6,8-9,12,16H,7,15H2,1-2H3,(H,17,18)/t12-/m0/s1. The molecule has 1 aromatic heterocycles. The Hall–Kier alpha value is -1.86. The summed E-state index contributed by atoms with van der Waals surface area (Å²) in [6.07, 6.45) is 2.05. The molecule has 7 heteroatoms. The Balaban J connectivity index is 2.11. The highest BCUT2D eigenvalue weighted by Crippen LogP contribution is 2.18. The number of fused-ring (bicyclic) bond motifs is 1. The van der Waals surface area contributed by atoms with E-state index in [-0.39, 0.29) is 6.42 Å². The average Bonchev–Trinajstić information content (AvgIpc) is 2.81. The molecule has 6 nitrogen and oxygen atoms in total. The number of benzene rings is 1. The first-order valence-corrected chi connectivity index (χ1v) is 8.22. The van der Waals surface area contributed by atoms with Crippen LogP contribution in [0.5, 0.6) is 0 Å². The van der Waals surface area contributed by atoms with Gasteiger partial charge in [-0.2, -0.15) is 0 Å². The number of amides is 1. The minimum atomic E-state index is -3.65. The predicted octanol–water partition coefficient (Wildman–Crippen LogP) is 0.892. The molecule has 0 saturated heterocycles. The molecule has 1 aromatic carbocycles. The van der Waals surface area contributed by atoms with Crippen LogP contribution in [0.25, 0.3) is 10.9 Å². The molecule has 0 saturated carbocycles. The van der Waals surface area contributed by atoms with Gasteiger partial charge in [0.15, 0.2) is 0 Å². The second kappa shape index (κ2) is 5.87. The SMILES string of the molecule is CC(C)S(=O)(=O)NC(=O)[C@@H](N)Cc1c[nH]c2ccccc12. The van der Waals surface area contributed by atoms with Gasteiger partial charge >= 0.3 is 0 Å². The molecule has 0 fully saturated rings. The van der Waals surface area contributed by atoms with Crippen LogP contribution in [0.1, 0.15) is 19.4 Å². The lowest BCUT2D eigenvalue weighted by Gasteiger charge is -2.14. The summed E-state index contributed by atoms with van der Waals surface area (Å²) in [5, 5.41) is 0.300. The molecule has 4 N–H and O–H groups in total. The number of H-pyrrole nitrogens is 1. The van der Waals surface area contributed by atoms with E-state index in [0.29, 0.717) is 0 Å². The van der Waals surface area contributed by atoms with E-state index in [0.717, 1.165) is 16.5 Å². The van der Waals surface area contributed by atoms with Gasteiger partial charge in [0, 0.05) is 17.1 Å². The largest absolute Gasteiger partial charge is 0.361 e. The molecule has 114 valence electrons. The summed E-state index contributed by atoms with van der Waals surface area (Å²) in [6.45, 7) is 3.00. The molecule has 2 aromatic rings. The minimum absolute atomic E-state index is 0.267. The number of hydrogen-bond donors (Lipinski definition) is 3. The number of aromatic amines is 1. The first kappa shape index (κ1) is 15.5. The van der Waals surface area contributed by atoms with Crippen LogP contribution >= 0.6 is 0 Å². The Morgan fingerprint density at radius 1 is 1.33 bits per heavy atom. The Bertz CT molecular complexity index is 750. The first-order valence-electron chi connectivity index (χ1n) is 6.67. The van der Waals surface area contributed by atoms with Crippen molar-refractivity contribution in [2.24, 2.45) is 5.73 Å². The number of sulfonamides is 1. The van der Waals surface area contributed by atoms with Crippen LogP contribution in [0.2, 0.25) is 0 Å². The Labute approximate surface area is 123 Å². The van der Waals surface area contributed by atoms with Crippen LogP contribution in [-0.2, 0) is 21.2 Å². The lowest BCUT2D eigenvalue weighted by molar-refractivity contribution is -0.120. The fraction of sp³-hybridized carbons (Fsp3) is 0.357. The van der Waals surface area contributed by atoms with Crippen molar-refractivity contribution < 1.29 is 13.2 Å². The fourth-order valence-electron chi connectivity index (χ4n) is 1.96. The van der Waals surface area contributed by atoms with Crippen molar-refractivity contribution in [3.63, 3.8) is 0 Å². The van der Waals surface area contributed by atoms with Crippen LogP contribution in [0.3, 0.4) is 0 Å². The van der Waals surface area contributed by atoms with Crippen molar-refractivity contribution in [2.75, 3.05) is 0 Å². The van der Waals surface area contributed by atoms with Crippen molar-refractivity contribution in [1.82, 2.24) is 9.71 Å². The summed E-state index contributed by atoms with van der Waals surface area (Å²) in [7, 11) is -3.65. The molecule has 1 heterocycles. The Morgan fingerprint density at radius 2 is 2.00 bits per heavy atom. The summed E-state index contributed by atoms with van der Waals surface area (Å²) in [5.41, 5.74) is 7.65. The zero-order chi connectivity index (χ0) is 15.6. The monoisotopic (exact) mass is 309 g/mol. The number of aromatic nitrogens is 1. The van der Waals surface area contributed by atoms with Gasteiger partial charge in [0.1, 0.15) is 0 Å². The minimum Gasteiger partial charge on any atom is -0.361 e. The van der Waals surface area contributed by atoms with Gasteiger partial charge in [-0.25, -0.2) is 8.42 Å². The van der Waals surface area contributed by atoms with E-state index in [4.69, 9.17) is 5.73 Å². The number of rotatable bonds is 5. The lowest BCUT2D eigenvalue weighted by Crippen LogP contribution is -2.46. The topological polar surface area (TPSA) is 105 Å². The molecule has 1 amide bonds. The first-order chi connectivity index (χ1) is 9.81.